The van der Waals surface area contributed by atoms with Crippen LogP contribution in [0, 0.1) is 5.92 Å². The molecule has 0 N–H and O–H groups in total. The van der Waals surface area contributed by atoms with Crippen molar-refractivity contribution in [2.45, 2.75) is 71.6 Å². The topological polar surface area (TPSA) is 38.7 Å². The normalized spacial score (nSPS) is 17.6. The number of aryl methyl sites for hydroxylation is 1. The second-order valence-electron chi connectivity index (χ2n) is 16.4. The van der Waals surface area contributed by atoms with Gasteiger partial charge >= 0.3 is 5.82 Å². The molecule has 0 bridgehead atoms. The number of furan rings is 1. The maximum Gasteiger partial charge on any atom is 0.303 e. The van der Waals surface area contributed by atoms with Crippen LogP contribution in [-0.4, -0.2) is 17.6 Å². The van der Waals surface area contributed by atoms with Gasteiger partial charge in [0.15, 0.2) is 28.9 Å². The smallest absolute Gasteiger partial charge is 0.303 e. The van der Waals surface area contributed by atoms with Crippen LogP contribution in [-0.2, 0) is 6.42 Å². The van der Waals surface area contributed by atoms with Crippen LogP contribution in [0.25, 0.3) is 67.0 Å². The van der Waals surface area contributed by atoms with Crippen LogP contribution in [0.3, 0.4) is 0 Å². The Kier molecular flexibility index (Phi) is 7.82. The van der Waals surface area contributed by atoms with Gasteiger partial charge in [-0.1, -0.05) is 107 Å². The van der Waals surface area contributed by atoms with Gasteiger partial charge in [-0.05, 0) is 54.5 Å². The molecule has 3 aromatic carbocycles. The molecule has 0 saturated carbocycles. The molecule has 53 heavy (non-hydrogen) atoms. The predicted octanol–water partition coefficient (Wildman–Crippen LogP) is 10.6. The summed E-state index contributed by atoms with van der Waals surface area (Å²) in [5, 5.41) is 3.73. The molecule has 0 spiro atoms. The van der Waals surface area contributed by atoms with Crippen LogP contribution < -0.4 is 14.3 Å². The highest BCUT2D eigenvalue weighted by molar-refractivity contribution is 6.88. The van der Waals surface area contributed by atoms with E-state index < -0.39 is 8.07 Å². The maximum atomic E-state index is 6.92. The summed E-state index contributed by atoms with van der Waals surface area (Å²) in [5.41, 5.74) is 13.8. The summed E-state index contributed by atoms with van der Waals surface area (Å²) in [5.74, 6) is 1.64. The SMILES string of the molecule is C=C/C(=C(\C)[n+]1c2n(c3ccncc31)C(=C)CC1C(CCc3ccc4c(oc5ccccc54)c3-2)c2ccccc2-c2ccc([Si](C)(C)C)c[n+]21)C(C)C. The molecule has 0 saturated heterocycles. The van der Waals surface area contributed by atoms with E-state index in [9.17, 15) is 0 Å². The van der Waals surface area contributed by atoms with E-state index in [0.717, 1.165) is 75.0 Å². The van der Waals surface area contributed by atoms with Gasteiger partial charge in [-0.3, -0.25) is 4.98 Å². The minimum absolute atomic E-state index is 0.191. The lowest BCUT2D eigenvalue weighted by molar-refractivity contribution is -0.716. The van der Waals surface area contributed by atoms with Crippen LogP contribution in [0.4, 0.5) is 0 Å². The summed E-state index contributed by atoms with van der Waals surface area (Å²) in [7, 11) is -1.60. The summed E-state index contributed by atoms with van der Waals surface area (Å²) in [6.07, 6.45) is 11.1. The molecule has 0 aliphatic carbocycles. The van der Waals surface area contributed by atoms with Gasteiger partial charge in [0.25, 0.3) is 0 Å². The molecule has 5 nitrogen and oxygen atoms in total. The van der Waals surface area contributed by atoms with E-state index in [0.29, 0.717) is 5.92 Å². The molecule has 7 aromatic rings. The van der Waals surface area contributed by atoms with E-state index in [1.807, 2.05) is 18.5 Å². The van der Waals surface area contributed by atoms with E-state index in [-0.39, 0.29) is 12.0 Å². The van der Waals surface area contributed by atoms with Crippen molar-refractivity contribution in [1.82, 2.24) is 9.55 Å². The lowest BCUT2D eigenvalue weighted by atomic mass is 9.77. The van der Waals surface area contributed by atoms with Gasteiger partial charge < -0.3 is 4.42 Å². The van der Waals surface area contributed by atoms with Crippen molar-refractivity contribution in [2.75, 3.05) is 0 Å². The van der Waals surface area contributed by atoms with Crippen molar-refractivity contribution >= 4 is 57.6 Å². The molecule has 9 rings (SSSR count). The Labute approximate surface area is 313 Å². The summed E-state index contributed by atoms with van der Waals surface area (Å²) < 4.78 is 14.4. The molecule has 2 unspecified atom stereocenters. The van der Waals surface area contributed by atoms with Gasteiger partial charge in [0, 0.05) is 45.8 Å². The predicted molar refractivity (Wildman–Crippen MR) is 222 cm³/mol. The Morgan fingerprint density at radius 3 is 2.57 bits per heavy atom. The summed E-state index contributed by atoms with van der Waals surface area (Å²) in [6.45, 7) is 23.3. The van der Waals surface area contributed by atoms with Gasteiger partial charge in [0.1, 0.15) is 22.5 Å². The van der Waals surface area contributed by atoms with Crippen LogP contribution in [0.1, 0.15) is 56.7 Å². The average Bonchev–Trinajstić information content (AvgIpc) is 3.70. The first-order valence-corrected chi connectivity index (χ1v) is 22.6. The van der Waals surface area contributed by atoms with Crippen LogP contribution in [0.2, 0.25) is 19.6 Å². The van der Waals surface area contributed by atoms with E-state index >= 15 is 0 Å². The monoisotopic (exact) mass is 712 g/mol. The first-order valence-electron chi connectivity index (χ1n) is 19.1. The molecule has 2 atom stereocenters. The second kappa shape index (κ2) is 12.4. The fourth-order valence-corrected chi connectivity index (χ4v) is 10.4. The number of aromatic nitrogens is 4. The third kappa shape index (κ3) is 5.13. The highest BCUT2D eigenvalue weighted by Crippen LogP contribution is 2.47. The minimum Gasteiger partial charge on any atom is -0.455 e. The standard InChI is InChI=1S/C47H48N4OSi/c1-9-34(29(2)3)31(5)51-43-27-48-25-24-41(43)50-30(4)26-42-37(35-14-10-11-15-36(35)40-23-20-33(28-49(40)42)53(6,7)8)21-18-32-19-22-39-38-16-12-13-17-44(38)52-46(39)45(32)47(50)51/h9-17,19-20,22-25,27-29,37,42H,1,4,18,21,26H2,2-3,5-8H3/q+2/b34-31-. The number of imidazole rings is 1. The lowest BCUT2D eigenvalue weighted by Gasteiger charge is -2.32. The van der Waals surface area contributed by atoms with Gasteiger partial charge in [-0.2, -0.15) is 13.7 Å². The molecule has 6 heteroatoms. The van der Waals surface area contributed by atoms with Crippen LogP contribution >= 0.6 is 0 Å². The van der Waals surface area contributed by atoms with E-state index in [1.54, 1.807) is 0 Å². The summed E-state index contributed by atoms with van der Waals surface area (Å²) >= 11 is 0. The number of nitrogens with zero attached hydrogens (tertiary/aromatic N) is 4. The Morgan fingerprint density at radius 1 is 0.981 bits per heavy atom. The second-order valence-corrected chi connectivity index (χ2v) is 21.4. The van der Waals surface area contributed by atoms with Crippen molar-refractivity contribution in [3.8, 4) is 22.6 Å². The molecular weight excluding hydrogens is 665 g/mol. The van der Waals surface area contributed by atoms with Crippen LogP contribution in [0.5, 0.6) is 0 Å². The third-order valence-electron chi connectivity index (χ3n) is 11.9. The fourth-order valence-electron chi connectivity index (χ4n) is 9.32. The number of fused-ring (bicyclic) bond motifs is 15. The summed E-state index contributed by atoms with van der Waals surface area (Å²) in [4.78, 5) is 4.71. The lowest BCUT2D eigenvalue weighted by Crippen LogP contribution is -2.52. The zero-order valence-corrected chi connectivity index (χ0v) is 32.8. The molecule has 0 amide bonds. The Morgan fingerprint density at radius 2 is 1.77 bits per heavy atom. The Hall–Kier alpha value is -5.33. The molecule has 4 aromatic heterocycles. The Balaban J connectivity index is 1.40. The minimum atomic E-state index is -1.60. The maximum absolute atomic E-state index is 6.92. The molecule has 264 valence electrons. The van der Waals surface area contributed by atoms with Crippen molar-refractivity contribution in [3.05, 3.63) is 133 Å². The summed E-state index contributed by atoms with van der Waals surface area (Å²) in [6, 6.07) is 29.3. The van der Waals surface area contributed by atoms with E-state index in [4.69, 9.17) is 16.0 Å². The molecule has 2 aliphatic heterocycles. The van der Waals surface area contributed by atoms with Gasteiger partial charge in [-0.15, -0.1) is 0 Å². The van der Waals surface area contributed by atoms with Crippen molar-refractivity contribution in [3.63, 3.8) is 0 Å². The highest BCUT2D eigenvalue weighted by atomic mass is 28.3. The van der Waals surface area contributed by atoms with Crippen molar-refractivity contribution < 1.29 is 13.6 Å². The number of hydrogen-bond acceptors (Lipinski definition) is 2. The number of allylic oxidation sites excluding steroid dienone is 4. The van der Waals surface area contributed by atoms with E-state index in [2.05, 4.69) is 146 Å². The number of para-hydroxylation sites is 1. The van der Waals surface area contributed by atoms with E-state index in [1.165, 1.54) is 33.1 Å². The molecule has 0 fully saturated rings. The number of benzene rings is 3. The number of pyridine rings is 2. The highest BCUT2D eigenvalue weighted by Gasteiger charge is 2.44. The molecule has 6 heterocycles. The fraction of sp³-hybridized carbons (Fsp3) is 0.255. The van der Waals surface area contributed by atoms with Gasteiger partial charge in [0.2, 0.25) is 5.69 Å². The van der Waals surface area contributed by atoms with Crippen LogP contribution in [0.15, 0.2) is 127 Å². The largest absolute Gasteiger partial charge is 0.455 e. The Bertz CT molecular complexity index is 2680. The zero-order chi connectivity index (χ0) is 36.8. The van der Waals surface area contributed by atoms with Crippen molar-refractivity contribution in [1.29, 1.82) is 0 Å². The third-order valence-corrected chi connectivity index (χ3v) is 13.9. The average molecular weight is 713 g/mol. The molecule has 2 aliphatic rings. The number of hydrogen-bond donors (Lipinski definition) is 0. The molecule has 0 radical (unpaired) electrons. The zero-order valence-electron chi connectivity index (χ0n) is 31.8. The van der Waals surface area contributed by atoms with Gasteiger partial charge in [0.05, 0.1) is 20.7 Å². The number of rotatable bonds is 4. The van der Waals surface area contributed by atoms with Gasteiger partial charge in [-0.25, -0.2) is 0 Å². The first-order chi connectivity index (χ1) is 25.6. The quantitative estimate of drug-likeness (QED) is 0.104. The van der Waals surface area contributed by atoms with Crippen molar-refractivity contribution in [2.24, 2.45) is 5.92 Å². The molecular formula is C47H48N4OSi+2. The first kappa shape index (κ1) is 33.5.